The quantitative estimate of drug-likeness (QED) is 0.351. The van der Waals surface area contributed by atoms with Gasteiger partial charge in [-0.05, 0) is 13.3 Å². The molecule has 7 heteroatoms. The Bertz CT molecular complexity index is 248. The molecule has 100 valence electrons. The predicted octanol–water partition coefficient (Wildman–Crippen LogP) is -2.04. The van der Waals surface area contributed by atoms with E-state index in [1.807, 2.05) is 0 Å². The lowest BCUT2D eigenvalue weighted by atomic mass is 10.2. The van der Waals surface area contributed by atoms with E-state index < -0.39 is 18.1 Å². The highest BCUT2D eigenvalue weighted by atomic mass is 16.5. The summed E-state index contributed by atoms with van der Waals surface area (Å²) in [5, 5.41) is 14.5. The molecule has 2 unspecified atom stereocenters. The maximum Gasteiger partial charge on any atom is 0.247 e. The van der Waals surface area contributed by atoms with Crippen LogP contribution in [0.4, 0.5) is 0 Å². The van der Waals surface area contributed by atoms with Crippen LogP contribution in [0.15, 0.2) is 0 Å². The summed E-state index contributed by atoms with van der Waals surface area (Å²) < 4.78 is 4.84. The summed E-state index contributed by atoms with van der Waals surface area (Å²) in [4.78, 5) is 22.0. The van der Waals surface area contributed by atoms with Crippen molar-refractivity contribution in [2.24, 2.45) is 5.73 Å². The van der Waals surface area contributed by atoms with Crippen LogP contribution in [0.3, 0.4) is 0 Å². The first-order chi connectivity index (χ1) is 7.99. The Morgan fingerprint density at radius 1 is 1.47 bits per heavy atom. The summed E-state index contributed by atoms with van der Waals surface area (Å²) in [6, 6.07) is -0.494. The van der Waals surface area contributed by atoms with Gasteiger partial charge in [0.25, 0.3) is 0 Å². The maximum atomic E-state index is 11.5. The van der Waals surface area contributed by atoms with Gasteiger partial charge < -0.3 is 26.2 Å². The number of amides is 2. The molecule has 0 radical (unpaired) electrons. The topological polar surface area (TPSA) is 114 Å². The maximum absolute atomic E-state index is 11.5. The molecule has 17 heavy (non-hydrogen) atoms. The van der Waals surface area contributed by atoms with E-state index >= 15 is 0 Å². The van der Waals surface area contributed by atoms with Gasteiger partial charge in [-0.15, -0.1) is 0 Å². The smallest absolute Gasteiger partial charge is 0.247 e. The van der Waals surface area contributed by atoms with Crippen LogP contribution in [0.2, 0.25) is 0 Å². The molecule has 7 nitrogen and oxygen atoms in total. The number of carbonyl (C=O) groups excluding carboxylic acids is 2. The van der Waals surface area contributed by atoms with Crippen LogP contribution in [0.25, 0.3) is 0 Å². The van der Waals surface area contributed by atoms with Crippen molar-refractivity contribution in [3.05, 3.63) is 0 Å². The van der Waals surface area contributed by atoms with Gasteiger partial charge in [-0.3, -0.25) is 9.59 Å². The lowest BCUT2D eigenvalue weighted by Gasteiger charge is -2.15. The summed E-state index contributed by atoms with van der Waals surface area (Å²) >= 11 is 0. The number of aliphatic hydroxyl groups is 1. The molecule has 0 aromatic rings. The van der Waals surface area contributed by atoms with Crippen LogP contribution in [0.5, 0.6) is 0 Å². The van der Waals surface area contributed by atoms with Gasteiger partial charge in [0.15, 0.2) is 0 Å². The van der Waals surface area contributed by atoms with Crippen molar-refractivity contribution in [3.63, 3.8) is 0 Å². The van der Waals surface area contributed by atoms with Crippen LogP contribution in [0, 0.1) is 0 Å². The predicted molar refractivity (Wildman–Crippen MR) is 62.2 cm³/mol. The summed E-state index contributed by atoms with van der Waals surface area (Å²) in [6.07, 6.45) is -0.544. The van der Waals surface area contributed by atoms with Crippen molar-refractivity contribution >= 4 is 11.8 Å². The largest absolute Gasteiger partial charge is 0.385 e. The van der Waals surface area contributed by atoms with Crippen molar-refractivity contribution < 1.29 is 19.4 Å². The van der Waals surface area contributed by atoms with Gasteiger partial charge in [0.2, 0.25) is 11.8 Å². The van der Waals surface area contributed by atoms with Crippen molar-refractivity contribution in [2.75, 3.05) is 26.8 Å². The van der Waals surface area contributed by atoms with Crippen LogP contribution < -0.4 is 16.4 Å². The Morgan fingerprint density at radius 3 is 2.65 bits per heavy atom. The third-order valence-electron chi connectivity index (χ3n) is 2.16. The first-order valence-corrected chi connectivity index (χ1v) is 5.46. The second kappa shape index (κ2) is 8.91. The third kappa shape index (κ3) is 7.67. The molecule has 0 aromatic heterocycles. The van der Waals surface area contributed by atoms with Crippen molar-refractivity contribution in [1.29, 1.82) is 0 Å². The summed E-state index contributed by atoms with van der Waals surface area (Å²) in [7, 11) is 1.59. The minimum Gasteiger partial charge on any atom is -0.385 e. The Hall–Kier alpha value is -1.18. The second-order valence-electron chi connectivity index (χ2n) is 3.69. The van der Waals surface area contributed by atoms with Gasteiger partial charge >= 0.3 is 0 Å². The lowest BCUT2D eigenvalue weighted by molar-refractivity contribution is -0.127. The molecular weight excluding hydrogens is 226 g/mol. The number of aliphatic hydroxyl groups excluding tert-OH is 1. The zero-order valence-corrected chi connectivity index (χ0v) is 10.2. The van der Waals surface area contributed by atoms with Crippen molar-refractivity contribution in [2.45, 2.75) is 25.5 Å². The number of hydrogen-bond acceptors (Lipinski definition) is 5. The highest BCUT2D eigenvalue weighted by Crippen LogP contribution is 1.86. The van der Waals surface area contributed by atoms with E-state index in [1.54, 1.807) is 14.0 Å². The van der Waals surface area contributed by atoms with E-state index in [0.717, 1.165) is 6.42 Å². The van der Waals surface area contributed by atoms with Crippen LogP contribution in [-0.2, 0) is 14.3 Å². The molecule has 0 aliphatic carbocycles. The Morgan fingerprint density at radius 2 is 2.12 bits per heavy atom. The summed E-state index contributed by atoms with van der Waals surface area (Å²) in [6.45, 7) is 2.71. The highest BCUT2D eigenvalue weighted by molar-refractivity contribution is 5.81. The van der Waals surface area contributed by atoms with Gasteiger partial charge in [-0.1, -0.05) is 0 Å². The molecule has 0 aliphatic rings. The van der Waals surface area contributed by atoms with Gasteiger partial charge in [-0.2, -0.15) is 0 Å². The number of methoxy groups -OCH3 is 1. The average molecular weight is 247 g/mol. The van der Waals surface area contributed by atoms with Crippen LogP contribution >= 0.6 is 0 Å². The molecule has 0 saturated heterocycles. The average Bonchev–Trinajstić information content (AvgIpc) is 2.30. The fraction of sp³-hybridized carbons (Fsp3) is 0.800. The lowest BCUT2D eigenvalue weighted by Crippen LogP contribution is -2.47. The third-order valence-corrected chi connectivity index (χ3v) is 2.16. The molecule has 2 amide bonds. The van der Waals surface area contributed by atoms with Gasteiger partial charge in [-0.25, -0.2) is 0 Å². The second-order valence-corrected chi connectivity index (χ2v) is 3.69. The fourth-order valence-electron chi connectivity index (χ4n) is 1.06. The van der Waals surface area contributed by atoms with E-state index in [4.69, 9.17) is 15.6 Å². The van der Waals surface area contributed by atoms with Gasteiger partial charge in [0.1, 0.15) is 6.10 Å². The number of nitrogens with two attached hydrogens (primary N) is 1. The standard InChI is InChI=1S/C10H21N3O4/c1-7(13-6-8(14)9(11)15)10(16)12-4-3-5-17-2/h7-8,13-14H,3-6H2,1-2H3,(H2,11,15)(H,12,16). The molecule has 2 atom stereocenters. The molecule has 0 aromatic carbocycles. The number of primary amides is 1. The fourth-order valence-corrected chi connectivity index (χ4v) is 1.06. The molecule has 5 N–H and O–H groups in total. The van der Waals surface area contributed by atoms with E-state index in [0.29, 0.717) is 13.2 Å². The first-order valence-electron chi connectivity index (χ1n) is 5.46. The molecule has 0 rings (SSSR count). The summed E-state index contributed by atoms with van der Waals surface area (Å²) in [5.74, 6) is -1.01. The number of carbonyl (C=O) groups is 2. The Balaban J connectivity index is 3.70. The van der Waals surface area contributed by atoms with E-state index in [9.17, 15) is 9.59 Å². The van der Waals surface area contributed by atoms with Crippen molar-refractivity contribution in [3.8, 4) is 0 Å². The zero-order chi connectivity index (χ0) is 13.3. The molecule has 0 spiro atoms. The Kier molecular flexibility index (Phi) is 8.29. The van der Waals surface area contributed by atoms with Crippen LogP contribution in [-0.4, -0.2) is 55.9 Å². The van der Waals surface area contributed by atoms with Gasteiger partial charge in [0, 0.05) is 26.8 Å². The van der Waals surface area contributed by atoms with E-state index in [1.165, 1.54) is 0 Å². The monoisotopic (exact) mass is 247 g/mol. The highest BCUT2D eigenvalue weighted by Gasteiger charge is 2.15. The number of hydrogen-bond donors (Lipinski definition) is 4. The SMILES string of the molecule is COCCCNC(=O)C(C)NCC(O)C(N)=O. The van der Waals surface area contributed by atoms with E-state index in [-0.39, 0.29) is 12.5 Å². The minimum absolute atomic E-state index is 0.0397. The molecule has 0 saturated carbocycles. The van der Waals surface area contributed by atoms with Crippen molar-refractivity contribution in [1.82, 2.24) is 10.6 Å². The first kappa shape index (κ1) is 15.8. The Labute approximate surface area is 101 Å². The number of ether oxygens (including phenoxy) is 1. The molecule has 0 heterocycles. The number of nitrogens with one attached hydrogen (secondary N) is 2. The number of rotatable bonds is 9. The van der Waals surface area contributed by atoms with Gasteiger partial charge in [0.05, 0.1) is 6.04 Å². The molecule has 0 fully saturated rings. The normalized spacial score (nSPS) is 14.1. The molecule has 0 aliphatic heterocycles. The minimum atomic E-state index is -1.28. The molecular formula is C10H21N3O4. The van der Waals surface area contributed by atoms with E-state index in [2.05, 4.69) is 10.6 Å². The zero-order valence-electron chi connectivity index (χ0n) is 10.2. The summed E-state index contributed by atoms with van der Waals surface area (Å²) in [5.41, 5.74) is 4.87. The van der Waals surface area contributed by atoms with Crippen LogP contribution in [0.1, 0.15) is 13.3 Å². The molecule has 0 bridgehead atoms.